The first kappa shape index (κ1) is 24.8. The van der Waals surface area contributed by atoms with E-state index in [0.717, 1.165) is 18.2 Å². The Bertz CT molecular complexity index is 1470. The number of hydrogen-bond acceptors (Lipinski definition) is 11. The molecule has 0 saturated carbocycles. The van der Waals surface area contributed by atoms with E-state index in [1.54, 1.807) is 30.3 Å². The van der Waals surface area contributed by atoms with E-state index in [1.807, 2.05) is 0 Å². The number of methoxy groups -OCH3 is 2. The Hall–Kier alpha value is -5.34. The number of nitrogens with zero attached hydrogens (tertiary/aromatic N) is 6. The van der Waals surface area contributed by atoms with Crippen LogP contribution in [0.1, 0.15) is 10.4 Å². The molecule has 37 heavy (non-hydrogen) atoms. The van der Waals surface area contributed by atoms with Gasteiger partial charge in [0, 0.05) is 23.8 Å². The smallest absolute Gasteiger partial charge is 0.277 e. The van der Waals surface area contributed by atoms with Gasteiger partial charge in [0.1, 0.15) is 6.61 Å². The first-order valence-corrected chi connectivity index (χ1v) is 10.6. The van der Waals surface area contributed by atoms with Gasteiger partial charge in [-0.3, -0.25) is 25.0 Å². The van der Waals surface area contributed by atoms with Crippen LogP contribution in [0.4, 0.5) is 11.4 Å². The molecule has 4 aromatic rings. The minimum absolute atomic E-state index is 0.000244. The Labute approximate surface area is 207 Å². The fraction of sp³-hybridized carbons (Fsp3) is 0.182. The number of fused-ring (bicyclic) bond motifs is 1. The summed E-state index contributed by atoms with van der Waals surface area (Å²) in [5.74, 6) is 0.984. The highest BCUT2D eigenvalue weighted by Gasteiger charge is 2.20. The number of rotatable bonds is 10. The summed E-state index contributed by atoms with van der Waals surface area (Å²) >= 11 is 0. The zero-order valence-corrected chi connectivity index (χ0v) is 19.5. The second-order valence-corrected chi connectivity index (χ2v) is 7.39. The highest BCUT2D eigenvalue weighted by molar-refractivity contribution is 5.95. The van der Waals surface area contributed by atoms with Gasteiger partial charge in [-0.25, -0.2) is 0 Å². The number of ether oxygens (including phenoxy) is 3. The summed E-state index contributed by atoms with van der Waals surface area (Å²) in [6.45, 7) is -0.00512. The SMILES string of the molecule is COc1ccc(-c2nnc3ccc(OCCNC(=O)c4cc([N+](=O)[O-])cc([N+](=O)[O-])c4)nn23)cc1OC. The molecule has 0 fully saturated rings. The molecule has 0 saturated heterocycles. The number of nitro groups is 2. The number of nitro benzene ring substituents is 2. The molecule has 0 spiro atoms. The van der Waals surface area contributed by atoms with Crippen LogP contribution in [-0.4, -0.2) is 62.9 Å². The van der Waals surface area contributed by atoms with Crippen LogP contribution in [-0.2, 0) is 0 Å². The van der Waals surface area contributed by atoms with Gasteiger partial charge in [-0.05, 0) is 24.3 Å². The molecule has 1 amide bonds. The largest absolute Gasteiger partial charge is 0.493 e. The van der Waals surface area contributed by atoms with Crippen molar-refractivity contribution in [3.8, 4) is 28.8 Å². The summed E-state index contributed by atoms with van der Waals surface area (Å²) < 4.78 is 17.7. The maximum atomic E-state index is 12.4. The maximum absolute atomic E-state index is 12.4. The van der Waals surface area contributed by atoms with Crippen molar-refractivity contribution in [2.75, 3.05) is 27.4 Å². The van der Waals surface area contributed by atoms with Gasteiger partial charge in [0.15, 0.2) is 23.0 Å². The van der Waals surface area contributed by atoms with Gasteiger partial charge in [0.25, 0.3) is 17.3 Å². The molecule has 0 unspecified atom stereocenters. The first-order valence-electron chi connectivity index (χ1n) is 10.6. The molecule has 0 aliphatic carbocycles. The van der Waals surface area contributed by atoms with Crippen molar-refractivity contribution >= 4 is 22.9 Å². The fourth-order valence-corrected chi connectivity index (χ4v) is 3.36. The molecule has 2 aromatic carbocycles. The lowest BCUT2D eigenvalue weighted by Gasteiger charge is -2.09. The zero-order valence-electron chi connectivity index (χ0n) is 19.5. The molecule has 2 heterocycles. The molecule has 0 aliphatic heterocycles. The van der Waals surface area contributed by atoms with E-state index in [4.69, 9.17) is 14.2 Å². The van der Waals surface area contributed by atoms with Gasteiger partial charge in [0.05, 0.1) is 42.2 Å². The van der Waals surface area contributed by atoms with Crippen LogP contribution in [0.5, 0.6) is 17.4 Å². The van der Waals surface area contributed by atoms with E-state index in [2.05, 4.69) is 20.6 Å². The number of carbonyl (C=O) groups excluding carboxylic acids is 1. The van der Waals surface area contributed by atoms with Crippen molar-refractivity contribution in [1.29, 1.82) is 0 Å². The van der Waals surface area contributed by atoms with Gasteiger partial charge in [0.2, 0.25) is 5.88 Å². The molecular formula is C22H19N7O8. The second-order valence-electron chi connectivity index (χ2n) is 7.39. The molecule has 0 bridgehead atoms. The number of benzene rings is 2. The van der Waals surface area contributed by atoms with E-state index in [0.29, 0.717) is 28.5 Å². The molecule has 0 aliphatic rings. The number of amides is 1. The zero-order chi connectivity index (χ0) is 26.5. The lowest BCUT2D eigenvalue weighted by molar-refractivity contribution is -0.394. The predicted octanol–water partition coefficient (Wildman–Crippen LogP) is 2.43. The molecule has 190 valence electrons. The number of nitrogens with one attached hydrogen (secondary N) is 1. The predicted molar refractivity (Wildman–Crippen MR) is 127 cm³/mol. The number of aromatic nitrogens is 4. The molecule has 15 heteroatoms. The average Bonchev–Trinajstić information content (AvgIpc) is 3.33. The van der Waals surface area contributed by atoms with Crippen LogP contribution in [0.2, 0.25) is 0 Å². The third-order valence-electron chi connectivity index (χ3n) is 5.10. The van der Waals surface area contributed by atoms with Crippen LogP contribution in [0.25, 0.3) is 17.0 Å². The monoisotopic (exact) mass is 509 g/mol. The Morgan fingerprint density at radius 1 is 0.946 bits per heavy atom. The third kappa shape index (κ3) is 5.34. The quantitative estimate of drug-likeness (QED) is 0.188. The van der Waals surface area contributed by atoms with E-state index in [9.17, 15) is 25.0 Å². The van der Waals surface area contributed by atoms with Crippen molar-refractivity contribution in [3.63, 3.8) is 0 Å². The summed E-state index contributed by atoms with van der Waals surface area (Å²) in [6.07, 6.45) is 0. The molecule has 0 atom stereocenters. The van der Waals surface area contributed by atoms with Crippen LogP contribution in [0, 0.1) is 20.2 Å². The lowest BCUT2D eigenvalue weighted by Crippen LogP contribution is -2.28. The van der Waals surface area contributed by atoms with Gasteiger partial charge in [-0.2, -0.15) is 4.52 Å². The van der Waals surface area contributed by atoms with Gasteiger partial charge in [-0.15, -0.1) is 15.3 Å². The summed E-state index contributed by atoms with van der Waals surface area (Å²) in [5, 5.41) is 37.2. The minimum atomic E-state index is -0.810. The van der Waals surface area contributed by atoms with E-state index < -0.39 is 27.1 Å². The van der Waals surface area contributed by atoms with Crippen LogP contribution >= 0.6 is 0 Å². The minimum Gasteiger partial charge on any atom is -0.493 e. The fourth-order valence-electron chi connectivity index (χ4n) is 3.36. The molecule has 15 nitrogen and oxygen atoms in total. The summed E-state index contributed by atoms with van der Waals surface area (Å²) in [7, 11) is 3.05. The number of hydrogen-bond donors (Lipinski definition) is 1. The van der Waals surface area contributed by atoms with Crippen LogP contribution in [0.3, 0.4) is 0 Å². The van der Waals surface area contributed by atoms with Crippen molar-refractivity contribution in [2.45, 2.75) is 0 Å². The normalized spacial score (nSPS) is 10.6. The van der Waals surface area contributed by atoms with Gasteiger partial charge in [-0.1, -0.05) is 0 Å². The van der Waals surface area contributed by atoms with Crippen molar-refractivity contribution in [3.05, 3.63) is 74.3 Å². The van der Waals surface area contributed by atoms with E-state index in [-0.39, 0.29) is 24.6 Å². The molecule has 2 aromatic heterocycles. The van der Waals surface area contributed by atoms with Crippen molar-refractivity contribution in [1.82, 2.24) is 25.1 Å². The topological polar surface area (TPSA) is 186 Å². The average molecular weight is 509 g/mol. The maximum Gasteiger partial charge on any atom is 0.277 e. The molecule has 4 rings (SSSR count). The van der Waals surface area contributed by atoms with E-state index in [1.165, 1.54) is 18.7 Å². The van der Waals surface area contributed by atoms with Crippen LogP contribution < -0.4 is 19.5 Å². The molecule has 1 N–H and O–H groups in total. The van der Waals surface area contributed by atoms with Gasteiger partial charge >= 0.3 is 0 Å². The summed E-state index contributed by atoms with van der Waals surface area (Å²) in [5.41, 5.74) is -0.199. The third-order valence-corrected chi connectivity index (χ3v) is 5.10. The molecule has 0 radical (unpaired) electrons. The summed E-state index contributed by atoms with van der Waals surface area (Å²) in [6, 6.07) is 11.2. The van der Waals surface area contributed by atoms with E-state index >= 15 is 0 Å². The van der Waals surface area contributed by atoms with Gasteiger partial charge < -0.3 is 19.5 Å². The first-order chi connectivity index (χ1) is 17.8. The van der Waals surface area contributed by atoms with Crippen molar-refractivity contribution < 1.29 is 28.9 Å². The highest BCUT2D eigenvalue weighted by atomic mass is 16.6. The summed E-state index contributed by atoms with van der Waals surface area (Å²) in [4.78, 5) is 32.8. The Morgan fingerprint density at radius 3 is 2.30 bits per heavy atom. The Balaban J connectivity index is 1.44. The lowest BCUT2D eigenvalue weighted by atomic mass is 10.1. The highest BCUT2D eigenvalue weighted by Crippen LogP contribution is 2.31. The standard InChI is InChI=1S/C22H19N7O8/c1-35-17-4-3-13(11-18(17)36-2)21-25-24-19-5-6-20(26-27(19)21)37-8-7-23-22(30)14-9-15(28(31)32)12-16(10-14)29(33)34/h3-6,9-12H,7-8H2,1-2H3,(H,23,30). The number of carbonyl (C=O) groups is 1. The Kier molecular flexibility index (Phi) is 7.04. The van der Waals surface area contributed by atoms with Crippen molar-refractivity contribution in [2.24, 2.45) is 0 Å². The second kappa shape index (κ2) is 10.5. The molecular weight excluding hydrogens is 490 g/mol. The Morgan fingerprint density at radius 2 is 1.65 bits per heavy atom. The van der Waals surface area contributed by atoms with Crippen LogP contribution in [0.15, 0.2) is 48.5 Å². The number of non-ortho nitro benzene ring substituents is 2.